The summed E-state index contributed by atoms with van der Waals surface area (Å²) in [6, 6.07) is 17.4. The summed E-state index contributed by atoms with van der Waals surface area (Å²) in [6.07, 6.45) is 0. The number of rotatable bonds is 5. The molecule has 0 aliphatic carbocycles. The minimum absolute atomic E-state index is 0.362. The Balaban J connectivity index is 1.78. The average molecular weight is 430 g/mol. The molecule has 0 aliphatic heterocycles. The highest BCUT2D eigenvalue weighted by Crippen LogP contribution is 2.34. The van der Waals surface area contributed by atoms with Gasteiger partial charge in [-0.3, -0.25) is 0 Å². The number of fused-ring (bicyclic) bond motifs is 1. The van der Waals surface area contributed by atoms with Crippen molar-refractivity contribution in [3.05, 3.63) is 87.8 Å². The molecule has 0 saturated heterocycles. The van der Waals surface area contributed by atoms with Crippen LogP contribution in [0.1, 0.15) is 21.5 Å². The minimum Gasteiger partial charge on any atom is -0.493 e. The van der Waals surface area contributed by atoms with Crippen molar-refractivity contribution < 1.29 is 23.4 Å². The molecule has 0 N–H and O–H groups in total. The molecule has 3 aromatic carbocycles. The van der Waals surface area contributed by atoms with E-state index < -0.39 is 11.6 Å². The van der Waals surface area contributed by atoms with Crippen LogP contribution in [0, 0.1) is 13.8 Å². The molecule has 1 heterocycles. The van der Waals surface area contributed by atoms with Crippen LogP contribution < -0.4 is 19.8 Å². The van der Waals surface area contributed by atoms with Gasteiger partial charge in [0.1, 0.15) is 11.3 Å². The molecule has 0 unspecified atom stereocenters. The van der Waals surface area contributed by atoms with E-state index in [-0.39, 0.29) is 0 Å². The predicted molar refractivity (Wildman–Crippen MR) is 122 cm³/mol. The van der Waals surface area contributed by atoms with Crippen molar-refractivity contribution in [1.82, 2.24) is 0 Å². The Bertz CT molecular complexity index is 1380. The number of hydrogen-bond donors (Lipinski definition) is 0. The van der Waals surface area contributed by atoms with Crippen LogP contribution in [-0.2, 0) is 0 Å². The molecule has 0 bridgehead atoms. The Labute approximate surface area is 185 Å². The maximum atomic E-state index is 12.8. The first-order chi connectivity index (χ1) is 15.4. The van der Waals surface area contributed by atoms with Gasteiger partial charge in [-0.2, -0.15) is 0 Å². The van der Waals surface area contributed by atoms with Crippen molar-refractivity contribution in [3.63, 3.8) is 0 Å². The van der Waals surface area contributed by atoms with Crippen LogP contribution in [-0.4, -0.2) is 20.2 Å². The zero-order valence-electron chi connectivity index (χ0n) is 18.2. The monoisotopic (exact) mass is 430 g/mol. The molecule has 0 saturated carbocycles. The number of esters is 1. The molecule has 0 amide bonds. The van der Waals surface area contributed by atoms with E-state index in [9.17, 15) is 9.59 Å². The van der Waals surface area contributed by atoms with E-state index in [1.165, 1.54) is 7.11 Å². The lowest BCUT2D eigenvalue weighted by molar-refractivity contribution is 0.0734. The standard InChI is InChI=1S/C26H22O6/c1-15-7-5-6-8-19(15)25(27)31-18-10-12-21-20(14-18)16(2)24(26(28)32-21)17-9-11-22(29-3)23(13-17)30-4/h5-14H,1-4H3. The first-order valence-electron chi connectivity index (χ1n) is 10.0. The number of carbonyl (C=O) groups is 1. The summed E-state index contributed by atoms with van der Waals surface area (Å²) in [6.45, 7) is 3.68. The lowest BCUT2D eigenvalue weighted by Crippen LogP contribution is -2.10. The van der Waals surface area contributed by atoms with Crippen LogP contribution >= 0.6 is 0 Å². The first kappa shape index (κ1) is 21.2. The zero-order chi connectivity index (χ0) is 22.8. The second-order valence-corrected chi connectivity index (χ2v) is 7.32. The van der Waals surface area contributed by atoms with E-state index in [1.807, 2.05) is 26.0 Å². The summed E-state index contributed by atoms with van der Waals surface area (Å²) < 4.78 is 21.8. The van der Waals surface area contributed by atoms with Gasteiger partial charge in [-0.15, -0.1) is 0 Å². The molecular weight excluding hydrogens is 408 g/mol. The Kier molecular flexibility index (Phi) is 5.69. The highest BCUT2D eigenvalue weighted by molar-refractivity contribution is 5.94. The average Bonchev–Trinajstić information content (AvgIpc) is 2.79. The van der Waals surface area contributed by atoms with Crippen LogP contribution in [0.4, 0.5) is 0 Å². The topological polar surface area (TPSA) is 75.0 Å². The third kappa shape index (κ3) is 3.83. The normalized spacial score (nSPS) is 10.8. The van der Waals surface area contributed by atoms with Crippen molar-refractivity contribution in [1.29, 1.82) is 0 Å². The number of ether oxygens (including phenoxy) is 3. The summed E-state index contributed by atoms with van der Waals surface area (Å²) in [5.74, 6) is 0.979. The van der Waals surface area contributed by atoms with Gasteiger partial charge >= 0.3 is 11.6 Å². The second-order valence-electron chi connectivity index (χ2n) is 7.32. The smallest absolute Gasteiger partial charge is 0.344 e. The van der Waals surface area contributed by atoms with E-state index >= 15 is 0 Å². The summed E-state index contributed by atoms with van der Waals surface area (Å²) in [7, 11) is 3.08. The Morgan fingerprint density at radius 2 is 1.62 bits per heavy atom. The molecule has 4 aromatic rings. The summed E-state index contributed by atoms with van der Waals surface area (Å²) in [5, 5.41) is 0.671. The summed E-state index contributed by atoms with van der Waals surface area (Å²) in [5.41, 5.74) is 3.02. The maximum Gasteiger partial charge on any atom is 0.344 e. The van der Waals surface area contributed by atoms with Crippen molar-refractivity contribution in [2.45, 2.75) is 13.8 Å². The number of carbonyl (C=O) groups excluding carboxylic acids is 1. The third-order valence-electron chi connectivity index (χ3n) is 5.38. The second kappa shape index (κ2) is 8.59. The number of methoxy groups -OCH3 is 2. The molecular formula is C26H22O6. The van der Waals surface area contributed by atoms with E-state index in [1.54, 1.807) is 55.6 Å². The van der Waals surface area contributed by atoms with Gasteiger partial charge in [0.15, 0.2) is 11.5 Å². The highest BCUT2D eigenvalue weighted by Gasteiger charge is 2.17. The fraction of sp³-hybridized carbons (Fsp3) is 0.154. The molecule has 1 aromatic heterocycles. The molecule has 0 atom stereocenters. The molecule has 0 radical (unpaired) electrons. The third-order valence-corrected chi connectivity index (χ3v) is 5.38. The molecule has 4 rings (SSSR count). The van der Waals surface area contributed by atoms with E-state index in [0.717, 1.165) is 5.56 Å². The lowest BCUT2D eigenvalue weighted by Gasteiger charge is -2.12. The van der Waals surface area contributed by atoms with Gasteiger partial charge in [0.2, 0.25) is 0 Å². The van der Waals surface area contributed by atoms with Crippen LogP contribution in [0.2, 0.25) is 0 Å². The number of aryl methyl sites for hydroxylation is 2. The predicted octanol–water partition coefficient (Wildman–Crippen LogP) is 5.31. The van der Waals surface area contributed by atoms with Crippen LogP contribution in [0.25, 0.3) is 22.1 Å². The van der Waals surface area contributed by atoms with Crippen LogP contribution in [0.5, 0.6) is 17.2 Å². The van der Waals surface area contributed by atoms with Crippen molar-refractivity contribution >= 4 is 16.9 Å². The fourth-order valence-electron chi connectivity index (χ4n) is 3.68. The fourth-order valence-corrected chi connectivity index (χ4v) is 3.68. The van der Waals surface area contributed by atoms with Crippen LogP contribution in [0.15, 0.2) is 69.9 Å². The van der Waals surface area contributed by atoms with Gasteiger partial charge in [-0.1, -0.05) is 24.3 Å². The Morgan fingerprint density at radius 3 is 2.34 bits per heavy atom. The number of benzene rings is 3. The Hall–Kier alpha value is -4.06. The van der Waals surface area contributed by atoms with Gasteiger partial charge in [-0.25, -0.2) is 9.59 Å². The molecule has 162 valence electrons. The molecule has 0 aliphatic rings. The van der Waals surface area contributed by atoms with Gasteiger partial charge in [0.25, 0.3) is 0 Å². The molecule has 32 heavy (non-hydrogen) atoms. The van der Waals surface area contributed by atoms with Gasteiger partial charge < -0.3 is 18.6 Å². The maximum absolute atomic E-state index is 12.8. The van der Waals surface area contributed by atoms with Crippen molar-refractivity contribution in [2.24, 2.45) is 0 Å². The molecule has 6 nitrogen and oxygen atoms in total. The van der Waals surface area contributed by atoms with Crippen LogP contribution in [0.3, 0.4) is 0 Å². The lowest BCUT2D eigenvalue weighted by atomic mass is 9.99. The largest absolute Gasteiger partial charge is 0.493 e. The first-order valence-corrected chi connectivity index (χ1v) is 10.0. The SMILES string of the molecule is COc1ccc(-c2c(C)c3cc(OC(=O)c4ccccc4C)ccc3oc2=O)cc1OC. The Morgan fingerprint density at radius 1 is 0.875 bits per heavy atom. The van der Waals surface area contributed by atoms with E-state index in [2.05, 4.69) is 0 Å². The number of hydrogen-bond acceptors (Lipinski definition) is 6. The zero-order valence-corrected chi connectivity index (χ0v) is 18.2. The van der Waals surface area contributed by atoms with Gasteiger partial charge in [-0.05, 0) is 66.9 Å². The summed E-state index contributed by atoms with van der Waals surface area (Å²) in [4.78, 5) is 25.4. The van der Waals surface area contributed by atoms with E-state index in [4.69, 9.17) is 18.6 Å². The van der Waals surface area contributed by atoms with Crippen molar-refractivity contribution in [2.75, 3.05) is 14.2 Å². The highest BCUT2D eigenvalue weighted by atomic mass is 16.5. The van der Waals surface area contributed by atoms with Gasteiger partial charge in [0.05, 0.1) is 25.3 Å². The van der Waals surface area contributed by atoms with Crippen molar-refractivity contribution in [3.8, 4) is 28.4 Å². The quantitative estimate of drug-likeness (QED) is 0.243. The van der Waals surface area contributed by atoms with Gasteiger partial charge in [0, 0.05) is 5.39 Å². The van der Waals surface area contributed by atoms with E-state index in [0.29, 0.717) is 50.5 Å². The minimum atomic E-state index is -0.466. The molecule has 0 spiro atoms. The molecule has 0 fully saturated rings. The molecule has 6 heteroatoms. The summed E-state index contributed by atoms with van der Waals surface area (Å²) >= 11 is 0.